The van der Waals surface area contributed by atoms with Gasteiger partial charge < -0.3 is 54.5 Å². The molecular formula is C30H48N12O5. The molecule has 14 N–H and O–H groups in total. The van der Waals surface area contributed by atoms with Crippen molar-refractivity contribution in [2.45, 2.75) is 76.5 Å². The lowest BCUT2D eigenvalue weighted by atomic mass is 9.98. The first-order valence-electron chi connectivity index (χ1n) is 15.2. The van der Waals surface area contributed by atoms with E-state index < -0.39 is 53.2 Å². The number of aromatic amines is 1. The molecule has 3 atom stereocenters. The highest BCUT2D eigenvalue weighted by molar-refractivity contribution is 5.97. The Morgan fingerprint density at radius 2 is 1.43 bits per heavy atom. The highest BCUT2D eigenvalue weighted by Crippen LogP contribution is 2.20. The quantitative estimate of drug-likeness (QED) is 0.0487. The number of benzene rings is 1. The molecule has 0 aliphatic carbocycles. The average Bonchev–Trinajstić information content (AvgIpc) is 3.40. The maximum absolute atomic E-state index is 13.7. The van der Waals surface area contributed by atoms with Crippen LogP contribution in [0, 0.1) is 0 Å². The van der Waals surface area contributed by atoms with E-state index in [9.17, 15) is 24.0 Å². The van der Waals surface area contributed by atoms with Crippen LogP contribution in [-0.2, 0) is 30.4 Å². The normalized spacial score (nSPS) is 13.0. The Labute approximate surface area is 273 Å². The van der Waals surface area contributed by atoms with Gasteiger partial charge in [0.15, 0.2) is 11.9 Å². The van der Waals surface area contributed by atoms with Crippen molar-refractivity contribution in [3.05, 3.63) is 36.0 Å². The monoisotopic (exact) mass is 656 g/mol. The summed E-state index contributed by atoms with van der Waals surface area (Å²) in [6.45, 7) is 4.70. The number of hydrogen-bond acceptors (Lipinski definition) is 7. The maximum Gasteiger partial charge on any atom is 0.246 e. The van der Waals surface area contributed by atoms with Gasteiger partial charge in [0.25, 0.3) is 0 Å². The van der Waals surface area contributed by atoms with Crippen molar-refractivity contribution in [2.75, 3.05) is 20.1 Å². The first kappa shape index (κ1) is 37.8. The van der Waals surface area contributed by atoms with Crippen molar-refractivity contribution >= 4 is 52.4 Å². The standard InChI is InChI=1S/C30H48N12O5/c1-17(43)39-22(12-8-14-37-29(34)35)26(46)42(4)30(2,3)27(47)41-21(11-7-13-36-28(32)33)25(45)40-23(24(31)44)15-18-16-38-20-10-6-5-9-19(18)20/h5-6,9-10,16,21-23,38H,7-8,11-15H2,1-4H3,(H2,31,44)(H,39,43)(H,40,45)(H,41,47)(H4,32,33,36)(H4,34,35,37)/t21-,22-,23-/m0/s1. The van der Waals surface area contributed by atoms with Crippen LogP contribution >= 0.6 is 0 Å². The summed E-state index contributed by atoms with van der Waals surface area (Å²) in [5.74, 6) is -3.28. The van der Waals surface area contributed by atoms with Crippen molar-refractivity contribution < 1.29 is 24.0 Å². The molecule has 47 heavy (non-hydrogen) atoms. The number of H-pyrrole nitrogens is 1. The third kappa shape index (κ3) is 11.5. The Morgan fingerprint density at radius 3 is 1.98 bits per heavy atom. The zero-order valence-electron chi connectivity index (χ0n) is 27.3. The van der Waals surface area contributed by atoms with Crippen LogP contribution in [0.3, 0.4) is 0 Å². The van der Waals surface area contributed by atoms with Gasteiger partial charge in [0.1, 0.15) is 23.7 Å². The van der Waals surface area contributed by atoms with Crippen LogP contribution in [0.25, 0.3) is 10.9 Å². The van der Waals surface area contributed by atoms with E-state index in [0.29, 0.717) is 12.8 Å². The van der Waals surface area contributed by atoms with Crippen LogP contribution in [-0.4, -0.2) is 95.1 Å². The molecule has 1 aromatic carbocycles. The molecule has 1 aromatic heterocycles. The molecule has 0 bridgehead atoms. The van der Waals surface area contributed by atoms with Gasteiger partial charge >= 0.3 is 0 Å². The minimum atomic E-state index is -1.49. The summed E-state index contributed by atoms with van der Waals surface area (Å²) in [6.07, 6.45) is 2.84. The topological polar surface area (TPSA) is 295 Å². The van der Waals surface area contributed by atoms with Gasteiger partial charge in [-0.3, -0.25) is 34.0 Å². The third-order valence-electron chi connectivity index (χ3n) is 7.67. The average molecular weight is 657 g/mol. The fourth-order valence-corrected chi connectivity index (χ4v) is 4.79. The molecule has 0 aliphatic heterocycles. The summed E-state index contributed by atoms with van der Waals surface area (Å²) in [4.78, 5) is 77.2. The molecule has 1 heterocycles. The van der Waals surface area contributed by atoms with E-state index in [-0.39, 0.29) is 44.3 Å². The lowest BCUT2D eigenvalue weighted by molar-refractivity contribution is -0.147. The van der Waals surface area contributed by atoms with E-state index in [0.717, 1.165) is 16.5 Å². The number of guanidine groups is 2. The van der Waals surface area contributed by atoms with E-state index >= 15 is 0 Å². The van der Waals surface area contributed by atoms with E-state index in [1.807, 2.05) is 24.3 Å². The Balaban J connectivity index is 2.24. The van der Waals surface area contributed by atoms with Crippen molar-refractivity contribution in [2.24, 2.45) is 38.7 Å². The SMILES string of the molecule is CC(=O)N[C@@H](CCCN=C(N)N)C(=O)N(C)C(C)(C)C(=O)N[C@@H](CCCN=C(N)N)C(=O)N[C@@H](Cc1c[nH]c2ccccc12)C(N)=O. The van der Waals surface area contributed by atoms with Gasteiger partial charge in [-0.15, -0.1) is 0 Å². The molecule has 17 nitrogen and oxygen atoms in total. The second-order valence-corrected chi connectivity index (χ2v) is 11.7. The second-order valence-electron chi connectivity index (χ2n) is 11.7. The van der Waals surface area contributed by atoms with E-state index in [1.165, 1.54) is 32.7 Å². The number of carbonyl (C=O) groups excluding carboxylic acids is 5. The summed E-state index contributed by atoms with van der Waals surface area (Å²) < 4.78 is 0. The molecule has 0 spiro atoms. The van der Waals surface area contributed by atoms with Gasteiger partial charge in [0.2, 0.25) is 29.5 Å². The Morgan fingerprint density at radius 1 is 0.851 bits per heavy atom. The first-order valence-corrected chi connectivity index (χ1v) is 15.2. The van der Waals surface area contributed by atoms with Gasteiger partial charge in [-0.2, -0.15) is 0 Å². The smallest absolute Gasteiger partial charge is 0.246 e. The summed E-state index contributed by atoms with van der Waals surface area (Å²) in [5.41, 5.74) is 27.4. The number of nitrogens with two attached hydrogens (primary N) is 5. The minimum Gasteiger partial charge on any atom is -0.370 e. The minimum absolute atomic E-state index is 0.0972. The number of aliphatic imine (C=N–C) groups is 2. The number of likely N-dealkylation sites (N-methyl/N-ethyl adjacent to an activating group) is 1. The molecule has 5 amide bonds. The van der Waals surface area contributed by atoms with Crippen molar-refractivity contribution in [1.29, 1.82) is 0 Å². The number of primary amides is 1. The third-order valence-corrected chi connectivity index (χ3v) is 7.67. The fraction of sp³-hybridized carbons (Fsp3) is 0.500. The highest BCUT2D eigenvalue weighted by atomic mass is 16.2. The molecule has 17 heteroatoms. The Hall–Kier alpha value is -5.35. The summed E-state index contributed by atoms with van der Waals surface area (Å²) in [6, 6.07) is 4.30. The molecule has 0 fully saturated rings. The largest absolute Gasteiger partial charge is 0.370 e. The van der Waals surface area contributed by atoms with E-state index in [4.69, 9.17) is 28.7 Å². The van der Waals surface area contributed by atoms with Gasteiger partial charge in [-0.25, -0.2) is 0 Å². The molecule has 0 unspecified atom stereocenters. The number of nitrogens with one attached hydrogen (secondary N) is 4. The van der Waals surface area contributed by atoms with Crippen LogP contribution < -0.4 is 44.6 Å². The van der Waals surface area contributed by atoms with Crippen LogP contribution in [0.5, 0.6) is 0 Å². The van der Waals surface area contributed by atoms with Crippen LogP contribution in [0.1, 0.15) is 52.0 Å². The van der Waals surface area contributed by atoms with Gasteiger partial charge in [-0.1, -0.05) is 18.2 Å². The van der Waals surface area contributed by atoms with E-state index in [1.54, 1.807) is 6.20 Å². The van der Waals surface area contributed by atoms with Gasteiger partial charge in [0.05, 0.1) is 0 Å². The molecule has 0 aliphatic rings. The van der Waals surface area contributed by atoms with Crippen LogP contribution in [0.2, 0.25) is 0 Å². The number of aromatic nitrogens is 1. The number of hydrogen-bond donors (Lipinski definition) is 9. The summed E-state index contributed by atoms with van der Waals surface area (Å²) in [7, 11) is 1.42. The lowest BCUT2D eigenvalue weighted by Gasteiger charge is -2.37. The molecule has 258 valence electrons. The van der Waals surface area contributed by atoms with Crippen LogP contribution in [0.4, 0.5) is 0 Å². The second kappa shape index (κ2) is 17.4. The number of amides is 5. The number of fused-ring (bicyclic) bond motifs is 1. The lowest BCUT2D eigenvalue weighted by Crippen LogP contribution is -2.62. The summed E-state index contributed by atoms with van der Waals surface area (Å²) >= 11 is 0. The predicted octanol–water partition coefficient (Wildman–Crippen LogP) is -1.99. The predicted molar refractivity (Wildman–Crippen MR) is 179 cm³/mol. The van der Waals surface area contributed by atoms with Gasteiger partial charge in [-0.05, 0) is 51.2 Å². The Bertz CT molecular complexity index is 1480. The van der Waals surface area contributed by atoms with Gasteiger partial charge in [0, 0.05) is 50.6 Å². The molecule has 0 radical (unpaired) electrons. The Kier molecular flexibility index (Phi) is 14.0. The van der Waals surface area contributed by atoms with E-state index in [2.05, 4.69) is 30.9 Å². The number of carbonyl (C=O) groups is 5. The molecular weight excluding hydrogens is 608 g/mol. The molecule has 2 aromatic rings. The number of para-hydroxylation sites is 1. The fourth-order valence-electron chi connectivity index (χ4n) is 4.79. The maximum atomic E-state index is 13.7. The van der Waals surface area contributed by atoms with Crippen molar-refractivity contribution in [3.63, 3.8) is 0 Å². The zero-order valence-corrected chi connectivity index (χ0v) is 27.3. The summed E-state index contributed by atoms with van der Waals surface area (Å²) in [5, 5.41) is 8.86. The zero-order chi connectivity index (χ0) is 35.3. The van der Waals surface area contributed by atoms with Crippen LogP contribution in [0.15, 0.2) is 40.4 Å². The van der Waals surface area contributed by atoms with Crippen molar-refractivity contribution in [1.82, 2.24) is 25.8 Å². The number of rotatable bonds is 18. The molecule has 0 saturated carbocycles. The van der Waals surface area contributed by atoms with Crippen molar-refractivity contribution in [3.8, 4) is 0 Å². The first-order chi connectivity index (χ1) is 22.0. The highest BCUT2D eigenvalue weighted by Gasteiger charge is 2.40. The number of nitrogens with zero attached hydrogens (tertiary/aromatic N) is 3. The molecule has 0 saturated heterocycles. The molecule has 2 rings (SSSR count).